The van der Waals surface area contributed by atoms with Crippen molar-refractivity contribution in [3.63, 3.8) is 0 Å². The predicted molar refractivity (Wildman–Crippen MR) is 148 cm³/mol. The normalized spacial score (nSPS) is 12.4. The van der Waals surface area contributed by atoms with E-state index in [0.29, 0.717) is 0 Å². The van der Waals surface area contributed by atoms with Crippen LogP contribution in [0.4, 0.5) is 5.69 Å². The second-order valence-corrected chi connectivity index (χ2v) is 15.9. The summed E-state index contributed by atoms with van der Waals surface area (Å²) in [5, 5.41) is 14.5. The number of nitrogens with one attached hydrogen (secondary N) is 1. The number of hydrogen-bond donors (Lipinski definition) is 1. The summed E-state index contributed by atoms with van der Waals surface area (Å²) in [7, 11) is -4.05. The SMILES string of the molecule is O=C(NCC(c1ccccc1)c1ccccc1)C(Cc1ccccc1)[As]S(=O)(=O)c1ccccc1[N+](=O)[O-]. The van der Waals surface area contributed by atoms with E-state index in [1.807, 2.05) is 91.0 Å². The summed E-state index contributed by atoms with van der Waals surface area (Å²) in [5.41, 5.74) is 2.40. The van der Waals surface area contributed by atoms with E-state index in [2.05, 4.69) is 5.32 Å². The summed E-state index contributed by atoms with van der Waals surface area (Å²) < 4.78 is 25.9. The van der Waals surface area contributed by atoms with Crippen LogP contribution in [0.25, 0.3) is 0 Å². The molecular formula is C29H26AsN2O5S. The number of hydrogen-bond acceptors (Lipinski definition) is 5. The zero-order valence-electron chi connectivity index (χ0n) is 20.4. The number of nitrogens with zero attached hydrogens (tertiary/aromatic N) is 1. The minimum atomic E-state index is -4.05. The zero-order chi connectivity index (χ0) is 27.0. The molecule has 1 atom stereocenters. The van der Waals surface area contributed by atoms with Gasteiger partial charge in [0.15, 0.2) is 0 Å². The molecule has 7 nitrogen and oxygen atoms in total. The third kappa shape index (κ3) is 6.97. The summed E-state index contributed by atoms with van der Waals surface area (Å²) >= 11 is -1.67. The standard InChI is InChI=1S/C29H26AsN2O5S/c33-29(31-21-25(23-14-6-2-7-15-23)24-16-8-3-9-17-24)26(20-22-12-4-1-5-13-22)30-38(36,37)28-19-11-10-18-27(28)32(34)35/h1-19,25-26H,20-21H2,(H,31,33). The predicted octanol–water partition coefficient (Wildman–Crippen LogP) is 4.97. The molecule has 0 spiro atoms. The fraction of sp³-hybridized carbons (Fsp3) is 0.138. The van der Waals surface area contributed by atoms with Gasteiger partial charge in [-0.25, -0.2) is 0 Å². The number of rotatable bonds is 11. The summed E-state index contributed by atoms with van der Waals surface area (Å²) in [6, 6.07) is 34.1. The Kier molecular flexibility index (Phi) is 9.10. The molecule has 1 N–H and O–H groups in total. The first-order valence-corrected chi connectivity index (χ1v) is 16.8. The first-order chi connectivity index (χ1) is 18.3. The summed E-state index contributed by atoms with van der Waals surface area (Å²) in [5.74, 6) is -0.505. The van der Waals surface area contributed by atoms with E-state index < -0.39 is 38.0 Å². The number of para-hydroxylation sites is 1. The van der Waals surface area contributed by atoms with Crippen molar-refractivity contribution in [2.75, 3.05) is 6.54 Å². The van der Waals surface area contributed by atoms with Crippen LogP contribution in [0.3, 0.4) is 0 Å². The van der Waals surface area contributed by atoms with Gasteiger partial charge in [-0.15, -0.1) is 0 Å². The molecule has 1 radical (unpaired) electrons. The van der Waals surface area contributed by atoms with E-state index in [4.69, 9.17) is 0 Å². The number of nitro groups is 1. The minimum absolute atomic E-state index is 0.123. The van der Waals surface area contributed by atoms with Crippen molar-refractivity contribution in [3.8, 4) is 0 Å². The Bertz CT molecular complexity index is 1440. The van der Waals surface area contributed by atoms with Crippen LogP contribution in [-0.4, -0.2) is 40.4 Å². The van der Waals surface area contributed by atoms with Crippen molar-refractivity contribution in [1.82, 2.24) is 5.32 Å². The second-order valence-electron chi connectivity index (χ2n) is 8.63. The van der Waals surface area contributed by atoms with E-state index in [1.165, 1.54) is 24.3 Å². The molecule has 0 aromatic heterocycles. The maximum absolute atomic E-state index is 13.6. The van der Waals surface area contributed by atoms with Crippen LogP contribution >= 0.6 is 0 Å². The molecule has 0 saturated carbocycles. The molecule has 0 heterocycles. The Balaban J connectivity index is 1.60. The molecule has 4 rings (SSSR count). The molecule has 4 aromatic rings. The van der Waals surface area contributed by atoms with E-state index in [1.54, 1.807) is 0 Å². The summed E-state index contributed by atoms with van der Waals surface area (Å²) in [6.07, 6.45) is 0.216. The number of carbonyl (C=O) groups is 1. The van der Waals surface area contributed by atoms with Gasteiger partial charge in [-0.3, -0.25) is 0 Å². The monoisotopic (exact) mass is 589 g/mol. The van der Waals surface area contributed by atoms with Crippen LogP contribution in [0.2, 0.25) is 4.71 Å². The van der Waals surface area contributed by atoms with Gasteiger partial charge in [-0.2, -0.15) is 0 Å². The molecule has 4 aromatic carbocycles. The summed E-state index contributed by atoms with van der Waals surface area (Å²) in [4.78, 5) is 24.0. The molecule has 0 aliphatic rings. The third-order valence-corrected chi connectivity index (χ3v) is 13.0. The topological polar surface area (TPSA) is 106 Å². The molecule has 0 saturated heterocycles. The van der Waals surface area contributed by atoms with E-state index >= 15 is 0 Å². The van der Waals surface area contributed by atoms with Crippen LogP contribution in [0.1, 0.15) is 22.6 Å². The average molecular weight is 590 g/mol. The van der Waals surface area contributed by atoms with Crippen LogP contribution in [-0.2, 0) is 19.3 Å². The van der Waals surface area contributed by atoms with Crippen LogP contribution in [0, 0.1) is 10.1 Å². The summed E-state index contributed by atoms with van der Waals surface area (Å²) in [6.45, 7) is 0.283. The van der Waals surface area contributed by atoms with Gasteiger partial charge in [-0.05, 0) is 0 Å². The van der Waals surface area contributed by atoms with Crippen molar-refractivity contribution < 1.29 is 18.1 Å². The van der Waals surface area contributed by atoms with Crippen molar-refractivity contribution in [1.29, 1.82) is 0 Å². The van der Waals surface area contributed by atoms with Gasteiger partial charge in [0.25, 0.3) is 0 Å². The Labute approximate surface area is 227 Å². The Hall–Kier alpha value is -3.74. The third-order valence-electron chi connectivity index (χ3n) is 6.06. The van der Waals surface area contributed by atoms with Gasteiger partial charge in [0.05, 0.1) is 0 Å². The maximum atomic E-state index is 13.6. The van der Waals surface area contributed by atoms with Gasteiger partial charge in [0, 0.05) is 0 Å². The number of benzene rings is 4. The van der Waals surface area contributed by atoms with Crippen molar-refractivity contribution in [2.24, 2.45) is 0 Å². The average Bonchev–Trinajstić information content (AvgIpc) is 2.94. The van der Waals surface area contributed by atoms with Gasteiger partial charge in [-0.1, -0.05) is 0 Å². The van der Waals surface area contributed by atoms with Crippen LogP contribution in [0.5, 0.6) is 0 Å². The molecular weight excluding hydrogens is 563 g/mol. The molecule has 0 fully saturated rings. The van der Waals surface area contributed by atoms with Gasteiger partial charge in [0.1, 0.15) is 0 Å². The first kappa shape index (κ1) is 27.3. The molecule has 0 aliphatic carbocycles. The van der Waals surface area contributed by atoms with Gasteiger partial charge < -0.3 is 0 Å². The first-order valence-electron chi connectivity index (χ1n) is 12.0. The van der Waals surface area contributed by atoms with E-state index in [-0.39, 0.29) is 29.7 Å². The van der Waals surface area contributed by atoms with E-state index in [9.17, 15) is 23.3 Å². The number of amides is 1. The van der Waals surface area contributed by atoms with Gasteiger partial charge >= 0.3 is 228 Å². The molecule has 0 bridgehead atoms. The molecule has 1 unspecified atom stereocenters. The van der Waals surface area contributed by atoms with Crippen LogP contribution in [0.15, 0.2) is 120 Å². The molecule has 0 aliphatic heterocycles. The van der Waals surface area contributed by atoms with Crippen molar-refractivity contribution >= 4 is 34.3 Å². The van der Waals surface area contributed by atoms with Crippen molar-refractivity contribution in [3.05, 3.63) is 142 Å². The Morgan fingerprint density at radius 1 is 0.789 bits per heavy atom. The molecule has 38 heavy (non-hydrogen) atoms. The van der Waals surface area contributed by atoms with Crippen molar-refractivity contribution in [2.45, 2.75) is 21.9 Å². The molecule has 193 valence electrons. The van der Waals surface area contributed by atoms with E-state index in [0.717, 1.165) is 16.7 Å². The quantitative estimate of drug-likeness (QED) is 0.151. The van der Waals surface area contributed by atoms with Gasteiger partial charge in [0.2, 0.25) is 0 Å². The Morgan fingerprint density at radius 2 is 1.29 bits per heavy atom. The second kappa shape index (κ2) is 12.7. The number of carbonyl (C=O) groups excluding carboxylic acids is 1. The molecule has 9 heteroatoms. The zero-order valence-corrected chi connectivity index (χ0v) is 23.1. The molecule has 1 amide bonds. The Morgan fingerprint density at radius 3 is 1.84 bits per heavy atom. The fourth-order valence-electron chi connectivity index (χ4n) is 4.18. The fourth-order valence-corrected chi connectivity index (χ4v) is 11.0. The number of nitro benzene ring substituents is 1. The van der Waals surface area contributed by atoms with Crippen LogP contribution < -0.4 is 5.32 Å².